The summed E-state index contributed by atoms with van der Waals surface area (Å²) in [5.74, 6) is -0.671. The Bertz CT molecular complexity index is 985. The molecule has 0 bridgehead atoms. The third-order valence-electron chi connectivity index (χ3n) is 6.30. The van der Waals surface area contributed by atoms with Gasteiger partial charge in [0.1, 0.15) is 11.4 Å². The molecule has 0 aromatic heterocycles. The first kappa shape index (κ1) is 20.2. The summed E-state index contributed by atoms with van der Waals surface area (Å²) in [6.45, 7) is 0. The fraction of sp³-hybridized carbons (Fsp3) is 0.269. The van der Waals surface area contributed by atoms with Crippen LogP contribution in [0.1, 0.15) is 34.9 Å². The van der Waals surface area contributed by atoms with Gasteiger partial charge < -0.3 is 14.6 Å². The quantitative estimate of drug-likeness (QED) is 0.632. The third kappa shape index (κ3) is 3.48. The van der Waals surface area contributed by atoms with Crippen LogP contribution < -0.4 is 4.74 Å². The molecule has 30 heavy (non-hydrogen) atoms. The number of aliphatic hydroxyl groups is 1. The second-order valence-electron chi connectivity index (χ2n) is 7.81. The zero-order valence-electron chi connectivity index (χ0n) is 17.2. The Labute approximate surface area is 177 Å². The van der Waals surface area contributed by atoms with Crippen molar-refractivity contribution >= 4 is 5.97 Å². The Morgan fingerprint density at radius 2 is 1.47 bits per heavy atom. The normalized spacial score (nSPS) is 25.6. The first-order chi connectivity index (χ1) is 14.6. The lowest BCUT2D eigenvalue weighted by Gasteiger charge is -2.31. The van der Waals surface area contributed by atoms with Crippen molar-refractivity contribution in [2.75, 3.05) is 14.2 Å². The van der Waals surface area contributed by atoms with E-state index < -0.39 is 17.5 Å². The highest BCUT2D eigenvalue weighted by Crippen LogP contribution is 2.58. The predicted molar refractivity (Wildman–Crippen MR) is 115 cm³/mol. The number of esters is 1. The van der Waals surface area contributed by atoms with Crippen molar-refractivity contribution in [2.24, 2.45) is 5.92 Å². The van der Waals surface area contributed by atoms with E-state index in [1.165, 1.54) is 7.11 Å². The Morgan fingerprint density at radius 1 is 0.867 bits per heavy atom. The predicted octanol–water partition coefficient (Wildman–Crippen LogP) is 4.64. The number of methoxy groups -OCH3 is 2. The summed E-state index contributed by atoms with van der Waals surface area (Å²) < 4.78 is 10.5. The molecule has 0 spiro atoms. The number of carbonyl (C=O) groups excluding carboxylic acids is 1. The fourth-order valence-corrected chi connectivity index (χ4v) is 4.89. The zero-order chi connectivity index (χ0) is 21.1. The van der Waals surface area contributed by atoms with Gasteiger partial charge in [-0.2, -0.15) is 0 Å². The Morgan fingerprint density at radius 3 is 2.03 bits per heavy atom. The Hall–Kier alpha value is -3.11. The van der Waals surface area contributed by atoms with Gasteiger partial charge in [0, 0.05) is 5.92 Å². The molecule has 4 heteroatoms. The van der Waals surface area contributed by atoms with E-state index in [9.17, 15) is 9.90 Å². The smallest absolute Gasteiger partial charge is 0.312 e. The molecule has 0 amide bonds. The van der Waals surface area contributed by atoms with Crippen molar-refractivity contribution < 1.29 is 19.4 Å². The molecule has 0 aliphatic heterocycles. The first-order valence-corrected chi connectivity index (χ1v) is 10.1. The Kier molecular flexibility index (Phi) is 5.60. The van der Waals surface area contributed by atoms with Crippen LogP contribution in [0.3, 0.4) is 0 Å². The van der Waals surface area contributed by atoms with E-state index >= 15 is 0 Å². The van der Waals surface area contributed by atoms with Crippen LogP contribution in [0, 0.1) is 5.92 Å². The van der Waals surface area contributed by atoms with E-state index in [-0.39, 0.29) is 11.8 Å². The summed E-state index contributed by atoms with van der Waals surface area (Å²) in [6, 6.07) is 27.3. The van der Waals surface area contributed by atoms with Gasteiger partial charge in [0.05, 0.1) is 20.1 Å². The molecule has 3 aromatic rings. The van der Waals surface area contributed by atoms with Crippen molar-refractivity contribution in [1.29, 1.82) is 0 Å². The SMILES string of the molecule is COC(=O)[C@H]1[C@H](c2ccc(OC)cc2)[C@@H](c2ccccc2)C[C@@]1(O)c1ccccc1. The maximum atomic E-state index is 13.1. The van der Waals surface area contributed by atoms with Gasteiger partial charge in [-0.3, -0.25) is 4.79 Å². The monoisotopic (exact) mass is 402 g/mol. The van der Waals surface area contributed by atoms with Gasteiger partial charge in [-0.1, -0.05) is 72.8 Å². The van der Waals surface area contributed by atoms with Crippen LogP contribution in [0.5, 0.6) is 5.75 Å². The summed E-state index contributed by atoms with van der Waals surface area (Å²) >= 11 is 0. The lowest BCUT2D eigenvalue weighted by atomic mass is 9.77. The molecule has 154 valence electrons. The largest absolute Gasteiger partial charge is 0.497 e. The second-order valence-corrected chi connectivity index (χ2v) is 7.81. The van der Waals surface area contributed by atoms with E-state index in [1.807, 2.05) is 72.8 Å². The van der Waals surface area contributed by atoms with E-state index in [2.05, 4.69) is 12.1 Å². The molecule has 4 rings (SSSR count). The number of hydrogen-bond donors (Lipinski definition) is 1. The molecule has 4 nitrogen and oxygen atoms in total. The molecule has 0 unspecified atom stereocenters. The number of hydrogen-bond acceptors (Lipinski definition) is 4. The molecule has 3 aromatic carbocycles. The van der Waals surface area contributed by atoms with Crippen LogP contribution in [-0.2, 0) is 15.1 Å². The van der Waals surface area contributed by atoms with E-state index in [4.69, 9.17) is 9.47 Å². The lowest BCUT2D eigenvalue weighted by Crippen LogP contribution is -2.38. The van der Waals surface area contributed by atoms with Gasteiger partial charge in [-0.15, -0.1) is 0 Å². The number of ether oxygens (including phenoxy) is 2. The average Bonchev–Trinajstić information content (AvgIpc) is 3.14. The first-order valence-electron chi connectivity index (χ1n) is 10.1. The topological polar surface area (TPSA) is 55.8 Å². The van der Waals surface area contributed by atoms with Crippen molar-refractivity contribution in [1.82, 2.24) is 0 Å². The summed E-state index contributed by atoms with van der Waals surface area (Å²) in [6.07, 6.45) is 0.428. The molecule has 0 radical (unpaired) electrons. The standard InChI is InChI=1S/C26H26O4/c1-29-21-15-13-19(14-16-21)23-22(18-9-5-3-6-10-18)17-26(28,24(23)25(27)30-2)20-11-7-4-8-12-20/h3-16,22-24,28H,17H2,1-2H3/t22-,23-,24-,26-/m1/s1. The summed E-state index contributed by atoms with van der Waals surface area (Å²) in [5.41, 5.74) is 1.47. The van der Waals surface area contributed by atoms with Gasteiger partial charge in [-0.25, -0.2) is 0 Å². The van der Waals surface area contributed by atoms with Crippen molar-refractivity contribution in [3.05, 3.63) is 102 Å². The lowest BCUT2D eigenvalue weighted by molar-refractivity contribution is -0.155. The minimum absolute atomic E-state index is 0.0473. The van der Waals surface area contributed by atoms with Crippen LogP contribution in [0.4, 0.5) is 0 Å². The van der Waals surface area contributed by atoms with E-state index in [1.54, 1.807) is 7.11 Å². The van der Waals surface area contributed by atoms with Gasteiger partial charge in [0.2, 0.25) is 0 Å². The highest BCUT2D eigenvalue weighted by atomic mass is 16.5. The number of carbonyl (C=O) groups is 1. The highest BCUT2D eigenvalue weighted by Gasteiger charge is 2.58. The molecular weight excluding hydrogens is 376 g/mol. The summed E-state index contributed by atoms with van der Waals surface area (Å²) in [5, 5.41) is 12.0. The molecule has 4 atom stereocenters. The van der Waals surface area contributed by atoms with Crippen LogP contribution in [-0.4, -0.2) is 25.3 Å². The van der Waals surface area contributed by atoms with Crippen LogP contribution >= 0.6 is 0 Å². The van der Waals surface area contributed by atoms with Gasteiger partial charge in [0.25, 0.3) is 0 Å². The maximum Gasteiger partial charge on any atom is 0.312 e. The summed E-state index contributed by atoms with van der Waals surface area (Å²) in [4.78, 5) is 13.1. The summed E-state index contributed by atoms with van der Waals surface area (Å²) in [7, 11) is 3.01. The van der Waals surface area contributed by atoms with Gasteiger partial charge in [0.15, 0.2) is 0 Å². The average molecular weight is 402 g/mol. The maximum absolute atomic E-state index is 13.1. The van der Waals surface area contributed by atoms with Crippen molar-refractivity contribution in [2.45, 2.75) is 23.9 Å². The van der Waals surface area contributed by atoms with Gasteiger partial charge >= 0.3 is 5.97 Å². The van der Waals surface area contributed by atoms with Crippen LogP contribution in [0.25, 0.3) is 0 Å². The highest BCUT2D eigenvalue weighted by molar-refractivity contribution is 5.77. The van der Waals surface area contributed by atoms with Crippen molar-refractivity contribution in [3.63, 3.8) is 0 Å². The van der Waals surface area contributed by atoms with Gasteiger partial charge in [-0.05, 0) is 41.2 Å². The fourth-order valence-electron chi connectivity index (χ4n) is 4.89. The zero-order valence-corrected chi connectivity index (χ0v) is 17.2. The minimum atomic E-state index is -1.33. The number of rotatable bonds is 5. The molecule has 1 fully saturated rings. The molecule has 1 saturated carbocycles. The molecule has 1 aliphatic carbocycles. The van der Waals surface area contributed by atoms with E-state index in [0.29, 0.717) is 6.42 Å². The Balaban J connectivity index is 1.89. The molecule has 0 heterocycles. The third-order valence-corrected chi connectivity index (χ3v) is 6.30. The van der Waals surface area contributed by atoms with Crippen LogP contribution in [0.2, 0.25) is 0 Å². The number of benzene rings is 3. The molecular formula is C26H26O4. The second kappa shape index (κ2) is 8.33. The minimum Gasteiger partial charge on any atom is -0.497 e. The van der Waals surface area contributed by atoms with Crippen LogP contribution in [0.15, 0.2) is 84.9 Å². The molecule has 0 saturated heterocycles. The van der Waals surface area contributed by atoms with Crippen molar-refractivity contribution in [3.8, 4) is 5.75 Å². The molecule has 1 N–H and O–H groups in total. The van der Waals surface area contributed by atoms with E-state index in [0.717, 1.165) is 22.4 Å². The molecule has 1 aliphatic rings.